The van der Waals surface area contributed by atoms with Crippen molar-refractivity contribution in [1.82, 2.24) is 14.5 Å². The molecule has 1 aromatic carbocycles. The lowest BCUT2D eigenvalue weighted by atomic mass is 9.94. The highest BCUT2D eigenvalue weighted by atomic mass is 32.2. The second-order valence-corrected chi connectivity index (χ2v) is 6.90. The topological polar surface area (TPSA) is 64.0 Å². The average Bonchev–Trinajstić information content (AvgIpc) is 2.82. The summed E-state index contributed by atoms with van der Waals surface area (Å²) in [5.41, 5.74) is 1.99. The molecule has 0 unspecified atom stereocenters. The Bertz CT molecular complexity index is 753. The average molecular weight is 309 g/mol. The Labute approximate surface area is 122 Å². The van der Waals surface area contributed by atoms with E-state index >= 15 is 0 Å². The molecule has 0 aliphatic heterocycles. The Morgan fingerprint density at radius 1 is 1.33 bits per heavy atom. The van der Waals surface area contributed by atoms with E-state index in [0.717, 1.165) is 42.7 Å². The van der Waals surface area contributed by atoms with Gasteiger partial charge in [-0.25, -0.2) is 17.5 Å². The summed E-state index contributed by atoms with van der Waals surface area (Å²) in [6.45, 7) is 0. The predicted molar refractivity (Wildman–Crippen MR) is 75.6 cm³/mol. The van der Waals surface area contributed by atoms with Gasteiger partial charge in [0.15, 0.2) is 0 Å². The van der Waals surface area contributed by atoms with Crippen LogP contribution in [0.15, 0.2) is 35.4 Å². The van der Waals surface area contributed by atoms with E-state index in [9.17, 15) is 12.8 Å². The maximum Gasteiger partial charge on any atom is 0.241 e. The lowest BCUT2D eigenvalue weighted by Crippen LogP contribution is -2.31. The van der Waals surface area contributed by atoms with Crippen LogP contribution in [-0.4, -0.2) is 18.2 Å². The molecule has 1 N–H and O–H groups in total. The van der Waals surface area contributed by atoms with E-state index in [1.54, 1.807) is 10.9 Å². The molecule has 112 valence electrons. The fraction of sp³-hybridized carbons (Fsp3) is 0.357. The molecule has 0 amide bonds. The van der Waals surface area contributed by atoms with E-state index in [1.165, 1.54) is 12.1 Å². The molecule has 21 heavy (non-hydrogen) atoms. The third-order valence-corrected chi connectivity index (χ3v) is 5.28. The van der Waals surface area contributed by atoms with Crippen LogP contribution >= 0.6 is 0 Å². The van der Waals surface area contributed by atoms with Crippen LogP contribution in [0.5, 0.6) is 0 Å². The van der Waals surface area contributed by atoms with E-state index in [0.29, 0.717) is 0 Å². The highest BCUT2D eigenvalue weighted by Gasteiger charge is 2.27. The first-order chi connectivity index (χ1) is 9.97. The van der Waals surface area contributed by atoms with E-state index in [4.69, 9.17) is 0 Å². The van der Waals surface area contributed by atoms with Gasteiger partial charge in [0.25, 0.3) is 0 Å². The second kappa shape index (κ2) is 5.23. The molecule has 0 spiro atoms. The number of hydrogen-bond donors (Lipinski definition) is 1. The molecule has 0 saturated heterocycles. The van der Waals surface area contributed by atoms with Gasteiger partial charge in [-0.05, 0) is 43.5 Å². The van der Waals surface area contributed by atoms with E-state index in [1.807, 2.05) is 7.05 Å². The van der Waals surface area contributed by atoms with Crippen LogP contribution in [-0.2, 0) is 23.5 Å². The molecule has 1 aliphatic carbocycles. The van der Waals surface area contributed by atoms with Crippen molar-refractivity contribution in [3.63, 3.8) is 0 Å². The SMILES string of the molecule is Cn1ncc2c1CCC[C@@H]2NS(=O)(=O)c1ccc(F)cc1. The van der Waals surface area contributed by atoms with Crippen LogP contribution in [0.3, 0.4) is 0 Å². The number of halogens is 1. The van der Waals surface area contributed by atoms with Crippen LogP contribution in [0, 0.1) is 5.82 Å². The summed E-state index contributed by atoms with van der Waals surface area (Å²) in [6, 6.07) is 4.54. The van der Waals surface area contributed by atoms with Crippen LogP contribution in [0.1, 0.15) is 30.1 Å². The maximum absolute atomic E-state index is 12.9. The first kappa shape index (κ1) is 14.2. The molecule has 1 aromatic heterocycles. The number of sulfonamides is 1. The summed E-state index contributed by atoms with van der Waals surface area (Å²) in [5.74, 6) is -0.457. The summed E-state index contributed by atoms with van der Waals surface area (Å²) in [4.78, 5) is 0.0694. The van der Waals surface area contributed by atoms with Gasteiger partial charge in [-0.2, -0.15) is 5.10 Å². The highest BCUT2D eigenvalue weighted by Crippen LogP contribution is 2.30. The normalized spacial score (nSPS) is 18.5. The van der Waals surface area contributed by atoms with Crippen molar-refractivity contribution in [1.29, 1.82) is 0 Å². The third-order valence-electron chi connectivity index (χ3n) is 3.80. The molecular formula is C14H16FN3O2S. The second-order valence-electron chi connectivity index (χ2n) is 5.19. The minimum Gasteiger partial charge on any atom is -0.272 e. The standard InChI is InChI=1S/C14H16FN3O2S/c1-18-14-4-2-3-13(12(14)9-16-18)17-21(19,20)11-7-5-10(15)6-8-11/h5-9,13,17H,2-4H2,1H3/t13-/m0/s1. The zero-order chi connectivity index (χ0) is 15.0. The van der Waals surface area contributed by atoms with E-state index < -0.39 is 15.8 Å². The van der Waals surface area contributed by atoms with Gasteiger partial charge in [-0.15, -0.1) is 0 Å². The van der Waals surface area contributed by atoms with Crippen molar-refractivity contribution in [3.05, 3.63) is 47.5 Å². The number of fused-ring (bicyclic) bond motifs is 1. The summed E-state index contributed by atoms with van der Waals surface area (Å²) in [7, 11) is -1.81. The quantitative estimate of drug-likeness (QED) is 0.942. The zero-order valence-corrected chi connectivity index (χ0v) is 12.4. The molecule has 1 aliphatic rings. The molecule has 0 bridgehead atoms. The zero-order valence-electron chi connectivity index (χ0n) is 11.6. The lowest BCUT2D eigenvalue weighted by molar-refractivity contribution is 0.498. The summed E-state index contributed by atoms with van der Waals surface area (Å²) < 4.78 is 42.1. The Morgan fingerprint density at radius 3 is 2.76 bits per heavy atom. The largest absolute Gasteiger partial charge is 0.272 e. The summed E-state index contributed by atoms with van der Waals surface area (Å²) in [5, 5.41) is 4.20. The minimum atomic E-state index is -3.66. The Morgan fingerprint density at radius 2 is 2.05 bits per heavy atom. The number of rotatable bonds is 3. The van der Waals surface area contributed by atoms with Crippen LogP contribution in [0.25, 0.3) is 0 Å². The van der Waals surface area contributed by atoms with Crippen molar-refractivity contribution in [2.24, 2.45) is 7.05 Å². The van der Waals surface area contributed by atoms with Crippen molar-refractivity contribution >= 4 is 10.0 Å². The van der Waals surface area contributed by atoms with Gasteiger partial charge in [0.05, 0.1) is 17.1 Å². The molecule has 0 saturated carbocycles. The van der Waals surface area contributed by atoms with Gasteiger partial charge in [0, 0.05) is 18.3 Å². The van der Waals surface area contributed by atoms with Gasteiger partial charge < -0.3 is 0 Å². The molecule has 5 nitrogen and oxygen atoms in total. The fourth-order valence-electron chi connectivity index (χ4n) is 2.70. The smallest absolute Gasteiger partial charge is 0.241 e. The maximum atomic E-state index is 12.9. The van der Waals surface area contributed by atoms with Gasteiger partial charge in [-0.3, -0.25) is 4.68 Å². The summed E-state index contributed by atoms with van der Waals surface area (Å²) >= 11 is 0. The Kier molecular flexibility index (Phi) is 3.54. The number of aromatic nitrogens is 2. The van der Waals surface area contributed by atoms with Crippen molar-refractivity contribution in [2.75, 3.05) is 0 Å². The molecule has 0 fully saturated rings. The molecule has 0 radical (unpaired) electrons. The third kappa shape index (κ3) is 2.71. The molecule has 3 rings (SSSR count). The predicted octanol–water partition coefficient (Wildman–Crippen LogP) is 1.92. The number of benzene rings is 1. The number of nitrogens with one attached hydrogen (secondary N) is 1. The van der Waals surface area contributed by atoms with Crippen molar-refractivity contribution in [3.8, 4) is 0 Å². The molecule has 2 aromatic rings. The monoisotopic (exact) mass is 309 g/mol. The van der Waals surface area contributed by atoms with Gasteiger partial charge in [0.2, 0.25) is 10.0 Å². The lowest BCUT2D eigenvalue weighted by Gasteiger charge is -2.23. The number of aryl methyl sites for hydroxylation is 1. The first-order valence-corrected chi connectivity index (χ1v) is 8.24. The van der Waals surface area contributed by atoms with Crippen molar-refractivity contribution < 1.29 is 12.8 Å². The molecule has 7 heteroatoms. The van der Waals surface area contributed by atoms with Crippen LogP contribution < -0.4 is 4.72 Å². The van der Waals surface area contributed by atoms with Crippen LogP contribution in [0.2, 0.25) is 0 Å². The van der Waals surface area contributed by atoms with Gasteiger partial charge in [0.1, 0.15) is 5.82 Å². The Hall–Kier alpha value is -1.73. The van der Waals surface area contributed by atoms with E-state index in [2.05, 4.69) is 9.82 Å². The molecular weight excluding hydrogens is 293 g/mol. The number of nitrogens with zero attached hydrogens (tertiary/aromatic N) is 2. The minimum absolute atomic E-state index is 0.0694. The van der Waals surface area contributed by atoms with Crippen LogP contribution in [0.4, 0.5) is 4.39 Å². The van der Waals surface area contributed by atoms with Crippen molar-refractivity contribution in [2.45, 2.75) is 30.2 Å². The molecule has 1 heterocycles. The van der Waals surface area contributed by atoms with Gasteiger partial charge >= 0.3 is 0 Å². The number of hydrogen-bond acceptors (Lipinski definition) is 3. The summed E-state index contributed by atoms with van der Waals surface area (Å²) in [6.07, 6.45) is 4.26. The van der Waals surface area contributed by atoms with Gasteiger partial charge in [-0.1, -0.05) is 0 Å². The Balaban J connectivity index is 1.88. The fourth-order valence-corrected chi connectivity index (χ4v) is 3.95. The van der Waals surface area contributed by atoms with E-state index in [-0.39, 0.29) is 10.9 Å². The first-order valence-electron chi connectivity index (χ1n) is 6.76. The molecule has 1 atom stereocenters. The highest BCUT2D eigenvalue weighted by molar-refractivity contribution is 7.89.